The highest BCUT2D eigenvalue weighted by molar-refractivity contribution is 6.08. The van der Waals surface area contributed by atoms with E-state index in [4.69, 9.17) is 0 Å². The van der Waals surface area contributed by atoms with Gasteiger partial charge in [0.05, 0.1) is 12.1 Å². The van der Waals surface area contributed by atoms with Crippen LogP contribution in [0.15, 0.2) is 54.6 Å². The van der Waals surface area contributed by atoms with Gasteiger partial charge in [-0.1, -0.05) is 49.4 Å². The van der Waals surface area contributed by atoms with E-state index in [1.165, 1.54) is 11.4 Å². The molecule has 2 saturated heterocycles. The summed E-state index contributed by atoms with van der Waals surface area (Å²) in [6.07, 6.45) is 0.124. The second-order valence-corrected chi connectivity index (χ2v) is 7.68. The molecule has 4 atom stereocenters. The van der Waals surface area contributed by atoms with Crippen LogP contribution in [0.2, 0.25) is 0 Å². The van der Waals surface area contributed by atoms with Crippen molar-refractivity contribution < 1.29 is 29.9 Å². The van der Waals surface area contributed by atoms with Crippen molar-refractivity contribution in [1.29, 1.82) is 0 Å². The molecule has 0 aromatic heterocycles. The van der Waals surface area contributed by atoms with Crippen molar-refractivity contribution in [1.82, 2.24) is 4.90 Å². The van der Waals surface area contributed by atoms with Gasteiger partial charge in [-0.05, 0) is 17.7 Å². The maximum Gasteiger partial charge on any atom is 0.240 e. The van der Waals surface area contributed by atoms with Crippen LogP contribution in [0.4, 0.5) is 0 Å². The van der Waals surface area contributed by atoms with Crippen molar-refractivity contribution in [3.8, 4) is 5.75 Å². The lowest BCUT2D eigenvalue weighted by atomic mass is 9.78. The molecule has 0 radical (unpaired) electrons. The number of carbonyl (C=O) groups is 3. The van der Waals surface area contributed by atoms with Crippen molar-refractivity contribution >= 4 is 17.8 Å². The third kappa shape index (κ3) is 2.81. The maximum atomic E-state index is 13.3. The van der Waals surface area contributed by atoms with E-state index < -0.39 is 41.2 Å². The Balaban J connectivity index is 1.79. The first-order valence-corrected chi connectivity index (χ1v) is 9.65. The number of amides is 2. The summed E-state index contributed by atoms with van der Waals surface area (Å²) in [5.41, 5.74) is -0.329. The number of nitrogens with two attached hydrogens (primary N) is 1. The minimum atomic E-state index is -1.56. The number of hydrogen-bond donors (Lipinski definition) is 2. The number of nitrogens with zero attached hydrogens (tertiary/aromatic N) is 1. The summed E-state index contributed by atoms with van der Waals surface area (Å²) in [6, 6.07) is 14.9. The van der Waals surface area contributed by atoms with E-state index in [1.54, 1.807) is 25.1 Å². The number of benzene rings is 2. The number of phenols is 1. The number of imide groups is 1. The van der Waals surface area contributed by atoms with Gasteiger partial charge >= 0.3 is 0 Å². The zero-order valence-corrected chi connectivity index (χ0v) is 15.9. The van der Waals surface area contributed by atoms with Crippen LogP contribution in [0.3, 0.4) is 0 Å². The molecule has 7 nitrogen and oxygen atoms in total. The van der Waals surface area contributed by atoms with Gasteiger partial charge in [0.25, 0.3) is 0 Å². The topological polar surface area (TPSA) is 114 Å². The van der Waals surface area contributed by atoms with Crippen LogP contribution in [-0.2, 0) is 20.9 Å². The van der Waals surface area contributed by atoms with Crippen molar-refractivity contribution in [2.45, 2.75) is 31.5 Å². The van der Waals surface area contributed by atoms with E-state index in [9.17, 15) is 24.6 Å². The van der Waals surface area contributed by atoms with Gasteiger partial charge in [0, 0.05) is 6.42 Å². The first kappa shape index (κ1) is 19.1. The zero-order valence-electron chi connectivity index (χ0n) is 15.9. The number of carboxylic acid groups (broad SMARTS) is 1. The number of para-hydroxylation sites is 1. The standard InChI is InChI=1S/C22H22N2O5/c1-2-22(21(28)29)17-16(18(23-22)14-10-6-7-11-15(14)25)19(26)24(20(17)27)12-13-8-4-3-5-9-13/h3-11,16-18,23,25H,2,12H2,1H3,(H,28,29)/t16-,17-,18-,22+/m0/s1. The van der Waals surface area contributed by atoms with Crippen LogP contribution in [0.5, 0.6) is 5.75 Å². The van der Waals surface area contributed by atoms with E-state index >= 15 is 0 Å². The molecule has 2 aromatic rings. The number of hydrogen-bond acceptors (Lipinski definition) is 5. The molecule has 29 heavy (non-hydrogen) atoms. The number of fused-ring (bicyclic) bond motifs is 1. The van der Waals surface area contributed by atoms with Gasteiger partial charge in [-0.25, -0.2) is 0 Å². The molecule has 0 aliphatic carbocycles. The SMILES string of the molecule is CC[C@@]1(C(=O)[O-])[NH2+][C@@H](c2ccccc2O)[C@H]2C(=O)N(Cc3ccccc3)C(=O)[C@H]21. The van der Waals surface area contributed by atoms with E-state index in [0.717, 1.165) is 10.5 Å². The average molecular weight is 394 g/mol. The summed E-state index contributed by atoms with van der Waals surface area (Å²) in [6.45, 7) is 1.76. The van der Waals surface area contributed by atoms with E-state index in [0.29, 0.717) is 5.56 Å². The maximum absolute atomic E-state index is 13.3. The van der Waals surface area contributed by atoms with Crippen LogP contribution in [0.25, 0.3) is 0 Å². The summed E-state index contributed by atoms with van der Waals surface area (Å²) in [4.78, 5) is 39.9. The number of carbonyl (C=O) groups excluding carboxylic acids is 3. The molecule has 0 spiro atoms. The van der Waals surface area contributed by atoms with Gasteiger partial charge in [-0.2, -0.15) is 0 Å². The fourth-order valence-corrected chi connectivity index (χ4v) is 4.83. The largest absolute Gasteiger partial charge is 0.544 e. The lowest BCUT2D eigenvalue weighted by Crippen LogP contribution is -2.99. The Labute approximate surface area is 168 Å². The predicted octanol–water partition coefficient (Wildman–Crippen LogP) is -0.290. The zero-order chi connectivity index (χ0) is 20.8. The number of carboxylic acids is 1. The number of aliphatic carboxylic acids is 1. The highest BCUT2D eigenvalue weighted by atomic mass is 16.4. The molecule has 0 bridgehead atoms. The fourth-order valence-electron chi connectivity index (χ4n) is 4.83. The number of phenolic OH excluding ortho intramolecular Hbond substituents is 1. The monoisotopic (exact) mass is 394 g/mol. The Morgan fingerprint density at radius 3 is 2.38 bits per heavy atom. The molecule has 2 aliphatic heterocycles. The van der Waals surface area contributed by atoms with Crippen LogP contribution >= 0.6 is 0 Å². The van der Waals surface area contributed by atoms with E-state index in [-0.39, 0.29) is 18.7 Å². The van der Waals surface area contributed by atoms with Crippen LogP contribution in [0, 0.1) is 11.8 Å². The Morgan fingerprint density at radius 2 is 1.76 bits per heavy atom. The molecular weight excluding hydrogens is 372 g/mol. The normalized spacial score (nSPS) is 28.6. The van der Waals surface area contributed by atoms with Gasteiger partial charge in [-0.15, -0.1) is 0 Å². The first-order valence-electron chi connectivity index (χ1n) is 9.65. The minimum absolute atomic E-state index is 0.0282. The first-order chi connectivity index (χ1) is 13.9. The van der Waals surface area contributed by atoms with Gasteiger partial charge in [-0.3, -0.25) is 14.5 Å². The van der Waals surface area contributed by atoms with Crippen molar-refractivity contribution in [3.05, 3.63) is 65.7 Å². The van der Waals surface area contributed by atoms with Gasteiger partial charge in [0.1, 0.15) is 35.1 Å². The molecule has 2 fully saturated rings. The molecular formula is C22H22N2O5. The molecule has 7 heteroatoms. The Hall–Kier alpha value is -3.19. The van der Waals surface area contributed by atoms with E-state index in [2.05, 4.69) is 0 Å². The van der Waals surface area contributed by atoms with Crippen molar-refractivity contribution in [2.75, 3.05) is 0 Å². The molecule has 2 amide bonds. The summed E-state index contributed by atoms with van der Waals surface area (Å²) >= 11 is 0. The lowest BCUT2D eigenvalue weighted by molar-refractivity contribution is -0.739. The van der Waals surface area contributed by atoms with Crippen LogP contribution < -0.4 is 10.4 Å². The van der Waals surface area contributed by atoms with Gasteiger partial charge in [0.2, 0.25) is 11.8 Å². The molecule has 150 valence electrons. The second kappa shape index (κ2) is 7.00. The molecule has 3 N–H and O–H groups in total. The fraction of sp³-hybridized carbons (Fsp3) is 0.318. The number of quaternary nitrogens is 1. The molecule has 0 saturated carbocycles. The highest BCUT2D eigenvalue weighted by Gasteiger charge is 2.69. The average Bonchev–Trinajstić information content (AvgIpc) is 3.19. The summed E-state index contributed by atoms with van der Waals surface area (Å²) in [7, 11) is 0. The van der Waals surface area contributed by atoms with Gasteiger partial charge in [0.15, 0.2) is 0 Å². The van der Waals surface area contributed by atoms with Crippen molar-refractivity contribution in [2.24, 2.45) is 11.8 Å². The third-order valence-electron chi connectivity index (χ3n) is 6.31. The summed E-state index contributed by atoms with van der Waals surface area (Å²) in [5.74, 6) is -4.22. The van der Waals surface area contributed by atoms with Crippen LogP contribution in [0.1, 0.15) is 30.5 Å². The number of likely N-dealkylation sites (tertiary alicyclic amines) is 1. The minimum Gasteiger partial charge on any atom is -0.544 e. The van der Waals surface area contributed by atoms with E-state index in [1.807, 2.05) is 30.3 Å². The molecule has 2 aliphatic rings. The smallest absolute Gasteiger partial charge is 0.240 e. The lowest BCUT2D eigenvalue weighted by Gasteiger charge is -2.31. The van der Waals surface area contributed by atoms with Crippen molar-refractivity contribution in [3.63, 3.8) is 0 Å². The number of aromatic hydroxyl groups is 1. The predicted molar refractivity (Wildman–Crippen MR) is 99.8 cm³/mol. The Morgan fingerprint density at radius 1 is 1.10 bits per heavy atom. The third-order valence-corrected chi connectivity index (χ3v) is 6.31. The molecule has 2 heterocycles. The highest BCUT2D eigenvalue weighted by Crippen LogP contribution is 2.46. The Kier molecular flexibility index (Phi) is 4.62. The molecule has 2 aromatic carbocycles. The summed E-state index contributed by atoms with van der Waals surface area (Å²) in [5, 5.41) is 24.1. The Bertz CT molecular complexity index is 976. The van der Waals surface area contributed by atoms with Crippen LogP contribution in [-0.4, -0.2) is 33.3 Å². The molecule has 0 unspecified atom stereocenters. The quantitative estimate of drug-likeness (QED) is 0.677. The number of rotatable bonds is 5. The molecule has 4 rings (SSSR count). The summed E-state index contributed by atoms with van der Waals surface area (Å²) < 4.78 is 0. The van der Waals surface area contributed by atoms with Gasteiger partial charge < -0.3 is 20.3 Å². The second-order valence-electron chi connectivity index (χ2n) is 7.68.